The molecule has 0 fully saturated rings. The first-order valence-electron chi connectivity index (χ1n) is 7.97. The predicted octanol–water partition coefficient (Wildman–Crippen LogP) is 5.25. The van der Waals surface area contributed by atoms with Crippen molar-refractivity contribution in [3.05, 3.63) is 0 Å². The van der Waals surface area contributed by atoms with E-state index in [-0.39, 0.29) is 0 Å². The second-order valence-electron chi connectivity index (χ2n) is 5.21. The average Bonchev–Trinajstić information content (AvgIpc) is 2.39. The van der Waals surface area contributed by atoms with Crippen molar-refractivity contribution in [2.75, 3.05) is 6.61 Å². The van der Waals surface area contributed by atoms with Gasteiger partial charge in [-0.3, -0.25) is 4.79 Å². The maximum absolute atomic E-state index is 9.90. The Morgan fingerprint density at radius 2 is 1.06 bits per heavy atom. The molecule has 0 aliphatic carbocycles. The second-order valence-corrected chi connectivity index (χ2v) is 5.21. The smallest absolute Gasteiger partial charge is 0.293 e. The molecule has 0 amide bonds. The van der Waals surface area contributed by atoms with Crippen molar-refractivity contribution < 1.29 is 9.53 Å². The lowest BCUT2D eigenvalue weighted by Gasteiger charge is -2.02. The number of carbonyl (C=O) groups is 1. The van der Waals surface area contributed by atoms with E-state index in [0.717, 1.165) is 6.42 Å². The largest absolute Gasteiger partial charge is 0.468 e. The van der Waals surface area contributed by atoms with Gasteiger partial charge in [0.25, 0.3) is 6.47 Å². The van der Waals surface area contributed by atoms with E-state index in [1.165, 1.54) is 77.0 Å². The van der Waals surface area contributed by atoms with Crippen molar-refractivity contribution in [1.82, 2.24) is 0 Å². The van der Waals surface area contributed by atoms with Crippen LogP contribution in [0.2, 0.25) is 0 Å². The topological polar surface area (TPSA) is 26.3 Å². The Labute approximate surface area is 113 Å². The quantitative estimate of drug-likeness (QED) is 0.295. The number of ether oxygens (including phenoxy) is 1. The van der Waals surface area contributed by atoms with Crippen LogP contribution >= 0.6 is 0 Å². The van der Waals surface area contributed by atoms with Crippen molar-refractivity contribution in [2.45, 2.75) is 90.4 Å². The van der Waals surface area contributed by atoms with E-state index in [0.29, 0.717) is 13.1 Å². The van der Waals surface area contributed by atoms with Gasteiger partial charge in [0.2, 0.25) is 0 Å². The van der Waals surface area contributed by atoms with Gasteiger partial charge in [0.05, 0.1) is 6.61 Å². The fraction of sp³-hybridized carbons (Fsp3) is 0.938. The van der Waals surface area contributed by atoms with E-state index in [4.69, 9.17) is 0 Å². The number of unbranched alkanes of at least 4 members (excludes halogenated alkanes) is 12. The van der Waals surface area contributed by atoms with Crippen LogP contribution in [0.15, 0.2) is 0 Å². The fourth-order valence-electron chi connectivity index (χ4n) is 2.25. The summed E-state index contributed by atoms with van der Waals surface area (Å²) in [5.41, 5.74) is 0. The highest BCUT2D eigenvalue weighted by atomic mass is 16.5. The maximum Gasteiger partial charge on any atom is 0.293 e. The van der Waals surface area contributed by atoms with Gasteiger partial charge in [-0.1, -0.05) is 84.0 Å². The van der Waals surface area contributed by atoms with Crippen LogP contribution in [0, 0.1) is 0 Å². The van der Waals surface area contributed by atoms with Crippen molar-refractivity contribution >= 4 is 6.47 Å². The lowest BCUT2D eigenvalue weighted by atomic mass is 10.0. The van der Waals surface area contributed by atoms with Crippen molar-refractivity contribution in [3.8, 4) is 0 Å². The third-order valence-electron chi connectivity index (χ3n) is 3.43. The highest BCUT2D eigenvalue weighted by molar-refractivity contribution is 5.36. The summed E-state index contributed by atoms with van der Waals surface area (Å²) in [5.74, 6) is 0. The molecule has 2 nitrogen and oxygen atoms in total. The average molecular weight is 256 g/mol. The Bertz CT molecular complexity index is 157. The Morgan fingerprint density at radius 1 is 0.667 bits per heavy atom. The van der Waals surface area contributed by atoms with Crippen molar-refractivity contribution in [1.29, 1.82) is 0 Å². The third kappa shape index (κ3) is 15.5. The SMILES string of the molecule is CCCCCCCCCCCCCCCOC=O. The number of rotatable bonds is 15. The van der Waals surface area contributed by atoms with Gasteiger partial charge in [0.1, 0.15) is 0 Å². The molecule has 0 aromatic heterocycles. The first-order chi connectivity index (χ1) is 8.91. The summed E-state index contributed by atoms with van der Waals surface area (Å²) >= 11 is 0. The molecular weight excluding hydrogens is 224 g/mol. The van der Waals surface area contributed by atoms with Crippen LogP contribution in [0.5, 0.6) is 0 Å². The second kappa shape index (κ2) is 16.5. The summed E-state index contributed by atoms with van der Waals surface area (Å²) < 4.78 is 4.65. The summed E-state index contributed by atoms with van der Waals surface area (Å²) in [5, 5.41) is 0. The number of hydrogen-bond donors (Lipinski definition) is 0. The lowest BCUT2D eigenvalue weighted by Crippen LogP contribution is -1.91. The Morgan fingerprint density at radius 3 is 1.44 bits per heavy atom. The van der Waals surface area contributed by atoms with Crippen LogP contribution in [0.4, 0.5) is 0 Å². The molecule has 0 aliphatic rings. The molecular formula is C16H32O2. The van der Waals surface area contributed by atoms with Gasteiger partial charge in [-0.05, 0) is 6.42 Å². The lowest BCUT2D eigenvalue weighted by molar-refractivity contribution is -0.128. The molecule has 0 aromatic carbocycles. The van der Waals surface area contributed by atoms with Crippen LogP contribution in [0.1, 0.15) is 90.4 Å². The molecule has 0 saturated carbocycles. The van der Waals surface area contributed by atoms with Crippen LogP contribution in [-0.4, -0.2) is 13.1 Å². The molecule has 108 valence electrons. The van der Waals surface area contributed by atoms with Crippen molar-refractivity contribution in [2.24, 2.45) is 0 Å². The minimum atomic E-state index is 0.542. The van der Waals surface area contributed by atoms with Gasteiger partial charge in [-0.2, -0.15) is 0 Å². The minimum absolute atomic E-state index is 0.542. The zero-order valence-electron chi connectivity index (χ0n) is 12.3. The summed E-state index contributed by atoms with van der Waals surface area (Å²) in [6.45, 7) is 3.41. The van der Waals surface area contributed by atoms with E-state index in [1.54, 1.807) is 0 Å². The first-order valence-corrected chi connectivity index (χ1v) is 7.97. The van der Waals surface area contributed by atoms with E-state index >= 15 is 0 Å². The fourth-order valence-corrected chi connectivity index (χ4v) is 2.25. The zero-order chi connectivity index (χ0) is 13.3. The van der Waals surface area contributed by atoms with Gasteiger partial charge in [-0.25, -0.2) is 0 Å². The molecule has 18 heavy (non-hydrogen) atoms. The Balaban J connectivity index is 2.88. The van der Waals surface area contributed by atoms with Crippen LogP contribution < -0.4 is 0 Å². The van der Waals surface area contributed by atoms with Gasteiger partial charge >= 0.3 is 0 Å². The maximum atomic E-state index is 9.90. The summed E-state index contributed by atoms with van der Waals surface area (Å²) in [7, 11) is 0. The van der Waals surface area contributed by atoms with Crippen LogP contribution in [0.25, 0.3) is 0 Å². The molecule has 0 bridgehead atoms. The van der Waals surface area contributed by atoms with Crippen molar-refractivity contribution in [3.63, 3.8) is 0 Å². The molecule has 2 heteroatoms. The molecule has 0 heterocycles. The summed E-state index contributed by atoms with van der Waals surface area (Å²) in [6, 6.07) is 0. The number of hydrogen-bond acceptors (Lipinski definition) is 2. The van der Waals surface area contributed by atoms with Gasteiger partial charge in [-0.15, -0.1) is 0 Å². The van der Waals surface area contributed by atoms with Gasteiger partial charge in [0, 0.05) is 0 Å². The molecule has 0 radical (unpaired) electrons. The third-order valence-corrected chi connectivity index (χ3v) is 3.43. The first kappa shape index (κ1) is 17.5. The summed E-state index contributed by atoms with van der Waals surface area (Å²) in [6.07, 6.45) is 17.5. The van der Waals surface area contributed by atoms with E-state index in [2.05, 4.69) is 11.7 Å². The molecule has 0 aromatic rings. The van der Waals surface area contributed by atoms with Gasteiger partial charge < -0.3 is 4.74 Å². The standard InChI is InChI=1S/C16H32O2/c1-2-3-4-5-6-7-8-9-10-11-12-13-14-15-18-16-17/h16H,2-15H2,1H3. The van der Waals surface area contributed by atoms with E-state index in [1.807, 2.05) is 0 Å². The molecule has 0 N–H and O–H groups in total. The predicted molar refractivity (Wildman–Crippen MR) is 77.7 cm³/mol. The Kier molecular flexibility index (Phi) is 16.0. The molecule has 0 atom stereocenters. The molecule has 0 saturated heterocycles. The Hall–Kier alpha value is -0.530. The zero-order valence-corrected chi connectivity index (χ0v) is 12.3. The number of carbonyl (C=O) groups excluding carboxylic acids is 1. The molecule has 0 unspecified atom stereocenters. The highest BCUT2D eigenvalue weighted by Crippen LogP contribution is 2.12. The molecule has 0 aliphatic heterocycles. The summed E-state index contributed by atoms with van der Waals surface area (Å²) in [4.78, 5) is 9.90. The minimum Gasteiger partial charge on any atom is -0.468 e. The van der Waals surface area contributed by atoms with Crippen LogP contribution in [-0.2, 0) is 9.53 Å². The highest BCUT2D eigenvalue weighted by Gasteiger charge is 1.93. The van der Waals surface area contributed by atoms with Gasteiger partial charge in [0.15, 0.2) is 0 Å². The molecule has 0 spiro atoms. The molecule has 0 rings (SSSR count). The normalized spacial score (nSPS) is 10.5. The van der Waals surface area contributed by atoms with E-state index in [9.17, 15) is 4.79 Å². The monoisotopic (exact) mass is 256 g/mol. The van der Waals surface area contributed by atoms with Crippen LogP contribution in [0.3, 0.4) is 0 Å². The van der Waals surface area contributed by atoms with E-state index < -0.39 is 0 Å².